The first kappa shape index (κ1) is 16.2. The maximum absolute atomic E-state index is 12.0. The van der Waals surface area contributed by atoms with Gasteiger partial charge in [-0.1, -0.05) is 34.1 Å². The van der Waals surface area contributed by atoms with Crippen molar-refractivity contribution >= 4 is 11.8 Å². The van der Waals surface area contributed by atoms with Crippen LogP contribution < -0.4 is 5.32 Å². The highest BCUT2D eigenvalue weighted by Gasteiger charge is 2.32. The Balaban J connectivity index is 2.66. The van der Waals surface area contributed by atoms with E-state index in [2.05, 4.69) is 26.1 Å². The summed E-state index contributed by atoms with van der Waals surface area (Å²) in [7, 11) is 0. The predicted octanol–water partition coefficient (Wildman–Crippen LogP) is 2.19. The zero-order valence-electron chi connectivity index (χ0n) is 12.7. The molecular formula is C15H28N2O2. The van der Waals surface area contributed by atoms with E-state index in [1.54, 1.807) is 0 Å². The number of hydrogen-bond donors (Lipinski definition) is 1. The highest BCUT2D eigenvalue weighted by Crippen LogP contribution is 2.20. The third-order valence-electron chi connectivity index (χ3n) is 4.01. The number of nitrogens with zero attached hydrogens (tertiary/aromatic N) is 1. The molecule has 0 aliphatic carbocycles. The van der Waals surface area contributed by atoms with Gasteiger partial charge in [-0.05, 0) is 24.8 Å². The fraction of sp³-hybridized carbons (Fsp3) is 0.867. The lowest BCUT2D eigenvalue weighted by molar-refractivity contribution is -0.150. The van der Waals surface area contributed by atoms with Crippen LogP contribution in [0.4, 0.5) is 0 Å². The van der Waals surface area contributed by atoms with E-state index in [4.69, 9.17) is 0 Å². The van der Waals surface area contributed by atoms with Gasteiger partial charge in [-0.3, -0.25) is 14.5 Å². The number of piperidine rings is 1. The van der Waals surface area contributed by atoms with Gasteiger partial charge in [-0.2, -0.15) is 0 Å². The zero-order chi connectivity index (χ0) is 14.4. The van der Waals surface area contributed by atoms with Crippen LogP contribution in [0.3, 0.4) is 0 Å². The summed E-state index contributed by atoms with van der Waals surface area (Å²) in [5.74, 6) is 0.652. The second-order valence-corrected chi connectivity index (χ2v) is 5.86. The van der Waals surface area contributed by atoms with Gasteiger partial charge in [0.1, 0.15) is 0 Å². The Morgan fingerprint density at radius 2 is 1.84 bits per heavy atom. The van der Waals surface area contributed by atoms with Crippen LogP contribution in [0.15, 0.2) is 0 Å². The SMILES string of the molecule is CCCNC(CN1C(=O)CC(C)CC1=O)C(C)CC. The van der Waals surface area contributed by atoms with Crippen molar-refractivity contribution < 1.29 is 9.59 Å². The summed E-state index contributed by atoms with van der Waals surface area (Å²) in [5.41, 5.74) is 0. The lowest BCUT2D eigenvalue weighted by atomic mass is 9.94. The van der Waals surface area contributed by atoms with E-state index < -0.39 is 0 Å². The summed E-state index contributed by atoms with van der Waals surface area (Å²) >= 11 is 0. The molecule has 1 saturated heterocycles. The minimum Gasteiger partial charge on any atom is -0.312 e. The van der Waals surface area contributed by atoms with E-state index in [9.17, 15) is 9.59 Å². The van der Waals surface area contributed by atoms with E-state index in [1.165, 1.54) is 4.90 Å². The number of carbonyl (C=O) groups excluding carboxylic acids is 2. The Kier molecular flexibility index (Phi) is 6.49. The normalized spacial score (nSPS) is 20.7. The lowest BCUT2D eigenvalue weighted by Gasteiger charge is -2.34. The fourth-order valence-corrected chi connectivity index (χ4v) is 2.49. The minimum atomic E-state index is -0.00430. The molecule has 4 nitrogen and oxygen atoms in total. The van der Waals surface area contributed by atoms with Crippen LogP contribution in [0.2, 0.25) is 0 Å². The molecule has 2 amide bonds. The highest BCUT2D eigenvalue weighted by atomic mass is 16.2. The predicted molar refractivity (Wildman–Crippen MR) is 76.7 cm³/mol. The zero-order valence-corrected chi connectivity index (χ0v) is 12.7. The van der Waals surface area contributed by atoms with Crippen molar-refractivity contribution in [2.75, 3.05) is 13.1 Å². The average Bonchev–Trinajstić information content (AvgIpc) is 2.36. The third-order valence-corrected chi connectivity index (χ3v) is 4.01. The molecule has 2 unspecified atom stereocenters. The van der Waals surface area contributed by atoms with Crippen LogP contribution in [0.1, 0.15) is 53.4 Å². The first-order chi connectivity index (χ1) is 8.99. The van der Waals surface area contributed by atoms with E-state index in [0.29, 0.717) is 25.3 Å². The monoisotopic (exact) mass is 268 g/mol. The maximum atomic E-state index is 12.0. The van der Waals surface area contributed by atoms with Crippen LogP contribution >= 0.6 is 0 Å². The Morgan fingerprint density at radius 1 is 1.26 bits per heavy atom. The minimum absolute atomic E-state index is 0.00430. The second kappa shape index (κ2) is 7.63. The van der Waals surface area contributed by atoms with E-state index in [1.807, 2.05) is 6.92 Å². The molecule has 0 aromatic carbocycles. The van der Waals surface area contributed by atoms with Crippen molar-refractivity contribution in [3.63, 3.8) is 0 Å². The van der Waals surface area contributed by atoms with Gasteiger partial charge >= 0.3 is 0 Å². The molecule has 1 aliphatic rings. The number of likely N-dealkylation sites (tertiary alicyclic amines) is 1. The summed E-state index contributed by atoms with van der Waals surface area (Å²) in [6.45, 7) is 9.87. The number of imide groups is 1. The van der Waals surface area contributed by atoms with Crippen LogP contribution in [0, 0.1) is 11.8 Å². The van der Waals surface area contributed by atoms with Crippen molar-refractivity contribution in [2.45, 2.75) is 59.4 Å². The van der Waals surface area contributed by atoms with Crippen molar-refractivity contribution in [3.8, 4) is 0 Å². The number of nitrogens with one attached hydrogen (secondary N) is 1. The Bertz CT molecular complexity index is 299. The molecule has 1 N–H and O–H groups in total. The van der Waals surface area contributed by atoms with Gasteiger partial charge in [0.2, 0.25) is 11.8 Å². The van der Waals surface area contributed by atoms with Gasteiger partial charge in [-0.15, -0.1) is 0 Å². The van der Waals surface area contributed by atoms with Crippen molar-refractivity contribution in [2.24, 2.45) is 11.8 Å². The molecule has 0 spiro atoms. The highest BCUT2D eigenvalue weighted by molar-refractivity contribution is 5.97. The molecule has 110 valence electrons. The molecule has 2 atom stereocenters. The summed E-state index contributed by atoms with van der Waals surface area (Å²) in [6, 6.07) is 0.214. The summed E-state index contributed by atoms with van der Waals surface area (Å²) in [5, 5.41) is 3.47. The molecule has 19 heavy (non-hydrogen) atoms. The molecule has 0 aromatic rings. The number of hydrogen-bond acceptors (Lipinski definition) is 3. The Morgan fingerprint density at radius 3 is 2.32 bits per heavy atom. The first-order valence-electron chi connectivity index (χ1n) is 7.56. The van der Waals surface area contributed by atoms with Crippen molar-refractivity contribution in [3.05, 3.63) is 0 Å². The fourth-order valence-electron chi connectivity index (χ4n) is 2.49. The molecule has 0 saturated carbocycles. The van der Waals surface area contributed by atoms with Crippen molar-refractivity contribution in [1.82, 2.24) is 10.2 Å². The molecule has 4 heteroatoms. The molecule has 0 bridgehead atoms. The smallest absolute Gasteiger partial charge is 0.229 e. The number of rotatable bonds is 7. The van der Waals surface area contributed by atoms with E-state index in [-0.39, 0.29) is 23.8 Å². The number of carbonyl (C=O) groups is 2. The molecule has 1 fully saturated rings. The molecule has 0 radical (unpaired) electrons. The average molecular weight is 268 g/mol. The summed E-state index contributed by atoms with van der Waals surface area (Å²) in [4.78, 5) is 25.5. The van der Waals surface area contributed by atoms with Gasteiger partial charge < -0.3 is 5.32 Å². The quantitative estimate of drug-likeness (QED) is 0.720. The van der Waals surface area contributed by atoms with Gasteiger partial charge in [0.05, 0.1) is 0 Å². The molecule has 1 rings (SSSR count). The molecular weight excluding hydrogens is 240 g/mol. The molecule has 1 heterocycles. The Hall–Kier alpha value is -0.900. The van der Waals surface area contributed by atoms with Crippen molar-refractivity contribution in [1.29, 1.82) is 0 Å². The summed E-state index contributed by atoms with van der Waals surface area (Å²) in [6.07, 6.45) is 3.12. The van der Waals surface area contributed by atoms with Crippen LogP contribution in [-0.4, -0.2) is 35.8 Å². The third kappa shape index (κ3) is 4.60. The topological polar surface area (TPSA) is 49.4 Å². The largest absolute Gasteiger partial charge is 0.312 e. The van der Waals surface area contributed by atoms with Gasteiger partial charge in [0.25, 0.3) is 0 Å². The van der Waals surface area contributed by atoms with Gasteiger partial charge in [0.15, 0.2) is 0 Å². The lowest BCUT2D eigenvalue weighted by Crippen LogP contribution is -2.51. The Labute approximate surface area is 116 Å². The maximum Gasteiger partial charge on any atom is 0.229 e. The standard InChI is InChI=1S/C15H28N2O2/c1-5-7-16-13(12(4)6-2)10-17-14(18)8-11(3)9-15(17)19/h11-13,16H,5-10H2,1-4H3. The van der Waals surface area contributed by atoms with E-state index in [0.717, 1.165) is 19.4 Å². The van der Waals surface area contributed by atoms with Crippen LogP contribution in [0.5, 0.6) is 0 Å². The van der Waals surface area contributed by atoms with Crippen LogP contribution in [-0.2, 0) is 9.59 Å². The van der Waals surface area contributed by atoms with Gasteiger partial charge in [-0.25, -0.2) is 0 Å². The second-order valence-electron chi connectivity index (χ2n) is 5.86. The van der Waals surface area contributed by atoms with Gasteiger partial charge in [0, 0.05) is 25.4 Å². The summed E-state index contributed by atoms with van der Waals surface area (Å²) < 4.78 is 0. The molecule has 0 aromatic heterocycles. The van der Waals surface area contributed by atoms with Crippen LogP contribution in [0.25, 0.3) is 0 Å². The molecule has 1 aliphatic heterocycles. The number of amides is 2. The van der Waals surface area contributed by atoms with E-state index >= 15 is 0 Å². The first-order valence-corrected chi connectivity index (χ1v) is 7.56.